The number of rotatable bonds is 18. The lowest BCUT2D eigenvalue weighted by Gasteiger charge is -2.30. The fraction of sp³-hybridized carbons (Fsp3) is 1.00. The van der Waals surface area contributed by atoms with Crippen molar-refractivity contribution >= 4 is 12.4 Å². The number of hydrogen-bond donors (Lipinski definition) is 1. The van der Waals surface area contributed by atoms with E-state index in [2.05, 4.69) is 33.3 Å². The lowest BCUT2D eigenvalue weighted by atomic mass is 10.1. The molecule has 0 rings (SSSR count). The van der Waals surface area contributed by atoms with Gasteiger partial charge in [-0.1, -0.05) is 90.9 Å². The molecule has 0 aliphatic carbocycles. The minimum Gasteiger partial charge on any atom is -1.00 e. The predicted molar refractivity (Wildman–Crippen MR) is 129 cm³/mol. The molecule has 0 fully saturated rings. The highest BCUT2D eigenvalue weighted by Gasteiger charge is 2.13. The zero-order valence-corrected chi connectivity index (χ0v) is 22.0. The second kappa shape index (κ2) is 29.7. The highest BCUT2D eigenvalue weighted by Crippen LogP contribution is 2.13. The van der Waals surface area contributed by atoms with Crippen LogP contribution in [0.15, 0.2) is 0 Å². The number of quaternary nitrogens is 1. The molecule has 28 heavy (non-hydrogen) atoms. The Morgan fingerprint density at radius 3 is 0.964 bits per heavy atom. The van der Waals surface area contributed by atoms with E-state index in [-0.39, 0.29) is 24.8 Å². The Morgan fingerprint density at radius 2 is 0.714 bits per heavy atom. The molecule has 0 radical (unpaired) electrons. The zero-order chi connectivity index (χ0) is 19.9. The summed E-state index contributed by atoms with van der Waals surface area (Å²) in [5, 5.41) is 2.75. The molecule has 0 bridgehead atoms. The summed E-state index contributed by atoms with van der Waals surface area (Å²) in [6.45, 7) is 7.36. The summed E-state index contributed by atoms with van der Waals surface area (Å²) in [5.41, 5.74) is 0. The Hall–Kier alpha value is 0.500. The largest absolute Gasteiger partial charge is 1.00 e. The molecule has 0 spiro atoms. The molecule has 2 nitrogen and oxygen atoms in total. The fourth-order valence-electron chi connectivity index (χ4n) is 3.46. The van der Waals surface area contributed by atoms with Gasteiger partial charge in [0.15, 0.2) is 0 Å². The van der Waals surface area contributed by atoms with Crippen molar-refractivity contribution in [3.05, 3.63) is 0 Å². The van der Waals surface area contributed by atoms with E-state index in [1.807, 2.05) is 14.1 Å². The molecule has 0 heterocycles. The first kappa shape index (κ1) is 35.9. The highest BCUT2D eigenvalue weighted by atomic mass is 35.5. The summed E-state index contributed by atoms with van der Waals surface area (Å²) in [5.74, 6) is 0. The molecule has 0 aromatic carbocycles. The summed E-state index contributed by atoms with van der Waals surface area (Å²) >= 11 is 0. The number of halogens is 2. The Balaban J connectivity index is -0.000000538. The molecule has 0 aromatic heterocycles. The first-order chi connectivity index (χ1) is 12.5. The number of hydrogen-bond acceptors (Lipinski definition) is 1. The first-order valence-corrected chi connectivity index (χ1v) is 11.9. The molecule has 1 N–H and O–H groups in total. The minimum atomic E-state index is 0. The maximum atomic E-state index is 2.75. The number of nitrogens with zero attached hydrogens (tertiary/aromatic N) is 1. The third-order valence-corrected chi connectivity index (χ3v) is 5.23. The quantitative estimate of drug-likeness (QED) is 0.241. The first-order valence-electron chi connectivity index (χ1n) is 11.9. The van der Waals surface area contributed by atoms with E-state index in [0.29, 0.717) is 0 Å². The molecule has 0 aliphatic rings. The SMILES string of the molecule is CCCCCCCCCC[N+](C)(C)CCCCCCCCCC.CNC.Cl.[Cl-]. The van der Waals surface area contributed by atoms with Crippen molar-refractivity contribution in [2.24, 2.45) is 0 Å². The Labute approximate surface area is 192 Å². The van der Waals surface area contributed by atoms with Gasteiger partial charge in [0.05, 0.1) is 27.2 Å². The van der Waals surface area contributed by atoms with Gasteiger partial charge in [-0.25, -0.2) is 0 Å². The predicted octanol–water partition coefficient (Wildman–Crippen LogP) is 4.61. The average molecular weight is 444 g/mol. The van der Waals surface area contributed by atoms with Gasteiger partial charge >= 0.3 is 0 Å². The summed E-state index contributed by atoms with van der Waals surface area (Å²) in [4.78, 5) is 0. The van der Waals surface area contributed by atoms with Gasteiger partial charge in [0.1, 0.15) is 0 Å². The fourth-order valence-corrected chi connectivity index (χ4v) is 3.46. The molecular formula is C24H56Cl2N2. The maximum absolute atomic E-state index is 2.75. The highest BCUT2D eigenvalue weighted by molar-refractivity contribution is 5.85. The molecular weight excluding hydrogens is 387 g/mol. The molecule has 4 heteroatoms. The van der Waals surface area contributed by atoms with Crippen LogP contribution in [0.5, 0.6) is 0 Å². The van der Waals surface area contributed by atoms with Crippen LogP contribution in [0, 0.1) is 0 Å². The third kappa shape index (κ3) is 34.0. The van der Waals surface area contributed by atoms with Crippen molar-refractivity contribution in [2.75, 3.05) is 41.3 Å². The molecule has 0 unspecified atom stereocenters. The van der Waals surface area contributed by atoms with Crippen LogP contribution in [0.4, 0.5) is 0 Å². The second-order valence-electron chi connectivity index (χ2n) is 8.83. The van der Waals surface area contributed by atoms with Gasteiger partial charge in [0, 0.05) is 0 Å². The minimum absolute atomic E-state index is 0. The van der Waals surface area contributed by atoms with Gasteiger partial charge in [-0.2, -0.15) is 0 Å². The van der Waals surface area contributed by atoms with E-state index in [1.54, 1.807) is 0 Å². The van der Waals surface area contributed by atoms with Crippen molar-refractivity contribution < 1.29 is 16.9 Å². The van der Waals surface area contributed by atoms with Gasteiger partial charge in [0.2, 0.25) is 0 Å². The van der Waals surface area contributed by atoms with Crippen LogP contribution in [0.3, 0.4) is 0 Å². The van der Waals surface area contributed by atoms with Crippen molar-refractivity contribution in [1.29, 1.82) is 0 Å². The molecule has 0 saturated carbocycles. The Bertz CT molecular complexity index is 227. The van der Waals surface area contributed by atoms with E-state index >= 15 is 0 Å². The second-order valence-corrected chi connectivity index (χ2v) is 8.83. The van der Waals surface area contributed by atoms with Gasteiger partial charge in [-0.15, -0.1) is 12.4 Å². The Morgan fingerprint density at radius 1 is 0.500 bits per heavy atom. The lowest BCUT2D eigenvalue weighted by Crippen LogP contribution is -3.00. The summed E-state index contributed by atoms with van der Waals surface area (Å²) < 4.78 is 1.24. The van der Waals surface area contributed by atoms with Crippen LogP contribution in [0.25, 0.3) is 0 Å². The zero-order valence-electron chi connectivity index (χ0n) is 20.5. The van der Waals surface area contributed by atoms with Gasteiger partial charge in [-0.3, -0.25) is 0 Å². The van der Waals surface area contributed by atoms with E-state index in [0.717, 1.165) is 0 Å². The Kier molecular flexibility index (Phi) is 38.1. The normalized spacial score (nSPS) is 10.5. The number of nitrogens with one attached hydrogen (secondary N) is 1. The topological polar surface area (TPSA) is 12.0 Å². The van der Waals surface area contributed by atoms with Gasteiger partial charge in [0.25, 0.3) is 0 Å². The van der Waals surface area contributed by atoms with Crippen molar-refractivity contribution in [3.63, 3.8) is 0 Å². The van der Waals surface area contributed by atoms with Gasteiger partial charge in [-0.05, 0) is 39.8 Å². The van der Waals surface area contributed by atoms with Crippen molar-refractivity contribution in [3.8, 4) is 0 Å². The van der Waals surface area contributed by atoms with Crippen LogP contribution in [0.1, 0.15) is 117 Å². The molecule has 0 atom stereocenters. The van der Waals surface area contributed by atoms with Crippen molar-refractivity contribution in [2.45, 2.75) is 117 Å². The van der Waals surface area contributed by atoms with Crippen molar-refractivity contribution in [1.82, 2.24) is 5.32 Å². The molecule has 0 aromatic rings. The standard InChI is InChI=1S/C22H48N.C2H7N.2ClH/c1-5-7-9-11-13-15-17-19-21-23(3,4)22-20-18-16-14-12-10-8-6-2;1-3-2;;/h5-22H2,1-4H3;3H,1-2H3;2*1H/q+1;;;/p-1. The van der Waals surface area contributed by atoms with Crippen LogP contribution >= 0.6 is 12.4 Å². The molecule has 0 aliphatic heterocycles. The monoisotopic (exact) mass is 442 g/mol. The van der Waals surface area contributed by atoms with Crippen LogP contribution in [0.2, 0.25) is 0 Å². The third-order valence-electron chi connectivity index (χ3n) is 5.23. The van der Waals surface area contributed by atoms with Gasteiger partial charge < -0.3 is 22.2 Å². The maximum Gasteiger partial charge on any atom is 0.0782 e. The van der Waals surface area contributed by atoms with E-state index in [9.17, 15) is 0 Å². The summed E-state index contributed by atoms with van der Waals surface area (Å²) in [6, 6.07) is 0. The molecule has 0 amide bonds. The molecule has 176 valence electrons. The van der Waals surface area contributed by atoms with E-state index in [4.69, 9.17) is 0 Å². The van der Waals surface area contributed by atoms with Crippen LogP contribution < -0.4 is 17.7 Å². The smallest absolute Gasteiger partial charge is 0.0782 e. The summed E-state index contributed by atoms with van der Waals surface area (Å²) in [7, 11) is 8.62. The van der Waals surface area contributed by atoms with E-state index < -0.39 is 0 Å². The summed E-state index contributed by atoms with van der Waals surface area (Å²) in [6.07, 6.45) is 23.0. The molecule has 0 saturated heterocycles. The van der Waals surface area contributed by atoms with Crippen LogP contribution in [-0.4, -0.2) is 45.8 Å². The van der Waals surface area contributed by atoms with E-state index in [1.165, 1.54) is 120 Å². The number of unbranched alkanes of at least 4 members (excludes halogenated alkanes) is 14. The lowest BCUT2D eigenvalue weighted by molar-refractivity contribution is -0.890. The average Bonchev–Trinajstić information content (AvgIpc) is 2.60. The van der Waals surface area contributed by atoms with Crippen LogP contribution in [-0.2, 0) is 0 Å².